The number of nitrogens with two attached hydrogens (primary N) is 1. The molecule has 6 nitrogen and oxygen atoms in total. The number of aromatic nitrogens is 2. The van der Waals surface area contributed by atoms with Crippen LogP contribution in [0.25, 0.3) is 0 Å². The fourth-order valence-electron chi connectivity index (χ4n) is 3.39. The number of nitrogens with one attached hydrogen (secondary N) is 2. The second kappa shape index (κ2) is 6.37. The zero-order valence-corrected chi connectivity index (χ0v) is 13.1. The van der Waals surface area contributed by atoms with E-state index in [1.165, 1.54) is 11.0 Å². The van der Waals surface area contributed by atoms with Crippen LogP contribution in [0, 0.1) is 11.8 Å². The quantitative estimate of drug-likeness (QED) is 0.771. The molecule has 0 spiro atoms. The normalized spacial score (nSPS) is 25.2. The molecule has 1 saturated carbocycles. The molecular formula is C15H26N4O2. The zero-order valence-electron chi connectivity index (χ0n) is 13.1. The second-order valence-corrected chi connectivity index (χ2v) is 6.03. The van der Waals surface area contributed by atoms with Crippen molar-refractivity contribution in [2.75, 3.05) is 11.1 Å². The fourth-order valence-corrected chi connectivity index (χ4v) is 3.39. The Balaban J connectivity index is 2.30. The molecule has 118 valence electrons. The van der Waals surface area contributed by atoms with Crippen molar-refractivity contribution >= 4 is 11.5 Å². The van der Waals surface area contributed by atoms with Crippen molar-refractivity contribution in [2.24, 2.45) is 11.8 Å². The molecule has 0 radical (unpaired) electrons. The number of rotatable bonds is 5. The predicted molar refractivity (Wildman–Crippen MR) is 85.6 cm³/mol. The van der Waals surface area contributed by atoms with Gasteiger partial charge in [0.05, 0.1) is 0 Å². The first-order chi connectivity index (χ1) is 9.99. The Kier molecular flexibility index (Phi) is 4.75. The molecule has 1 heterocycles. The monoisotopic (exact) mass is 294 g/mol. The first-order valence-corrected chi connectivity index (χ1v) is 7.88. The van der Waals surface area contributed by atoms with E-state index in [-0.39, 0.29) is 11.9 Å². The van der Waals surface area contributed by atoms with Crippen LogP contribution in [0.4, 0.5) is 11.5 Å². The topological polar surface area (TPSA) is 92.9 Å². The Hall–Kier alpha value is -1.72. The van der Waals surface area contributed by atoms with Gasteiger partial charge >= 0.3 is 5.69 Å². The van der Waals surface area contributed by atoms with Crippen LogP contribution in [-0.2, 0) is 6.54 Å². The molecule has 0 saturated heterocycles. The highest BCUT2D eigenvalue weighted by Crippen LogP contribution is 2.35. The van der Waals surface area contributed by atoms with Crippen LogP contribution in [0.5, 0.6) is 0 Å². The van der Waals surface area contributed by atoms with Gasteiger partial charge in [-0.3, -0.25) is 14.3 Å². The molecule has 4 N–H and O–H groups in total. The minimum Gasteiger partial charge on any atom is -0.383 e. The van der Waals surface area contributed by atoms with Gasteiger partial charge in [0.25, 0.3) is 5.56 Å². The molecule has 1 aliphatic rings. The highest BCUT2D eigenvalue weighted by Gasteiger charge is 2.32. The minimum absolute atomic E-state index is 0.242. The van der Waals surface area contributed by atoms with Crippen LogP contribution in [-0.4, -0.2) is 15.6 Å². The molecular weight excluding hydrogens is 268 g/mol. The SMILES string of the molecule is CCCn1c(N)c(NC2CCC(CC)C2C)c(=O)[nH]c1=O. The van der Waals surface area contributed by atoms with Gasteiger partial charge in [0.15, 0.2) is 0 Å². The van der Waals surface area contributed by atoms with Crippen LogP contribution in [0.15, 0.2) is 9.59 Å². The summed E-state index contributed by atoms with van der Waals surface area (Å²) < 4.78 is 1.43. The Labute approximate surface area is 124 Å². The molecule has 1 aromatic rings. The number of hydrogen-bond donors (Lipinski definition) is 3. The predicted octanol–water partition coefficient (Wildman–Crippen LogP) is 1.77. The van der Waals surface area contributed by atoms with Crippen molar-refractivity contribution in [1.29, 1.82) is 0 Å². The summed E-state index contributed by atoms with van der Waals surface area (Å²) in [5, 5.41) is 3.29. The lowest BCUT2D eigenvalue weighted by Crippen LogP contribution is -2.36. The van der Waals surface area contributed by atoms with E-state index < -0.39 is 11.2 Å². The van der Waals surface area contributed by atoms with E-state index in [9.17, 15) is 9.59 Å². The van der Waals surface area contributed by atoms with Crippen LogP contribution >= 0.6 is 0 Å². The van der Waals surface area contributed by atoms with E-state index in [2.05, 4.69) is 24.1 Å². The van der Waals surface area contributed by atoms with Crippen LogP contribution in [0.1, 0.15) is 46.5 Å². The molecule has 1 aromatic heterocycles. The first-order valence-electron chi connectivity index (χ1n) is 7.88. The van der Waals surface area contributed by atoms with Crippen molar-refractivity contribution in [3.8, 4) is 0 Å². The maximum Gasteiger partial charge on any atom is 0.330 e. The van der Waals surface area contributed by atoms with Gasteiger partial charge in [0.1, 0.15) is 11.5 Å². The van der Waals surface area contributed by atoms with Crippen molar-refractivity contribution < 1.29 is 0 Å². The molecule has 0 aromatic carbocycles. The number of nitrogen functional groups attached to an aromatic ring is 1. The van der Waals surface area contributed by atoms with E-state index in [1.807, 2.05) is 6.92 Å². The summed E-state index contributed by atoms with van der Waals surface area (Å²) in [5.41, 5.74) is 5.53. The Morgan fingerprint density at radius 1 is 1.33 bits per heavy atom. The molecule has 0 bridgehead atoms. The fraction of sp³-hybridized carbons (Fsp3) is 0.733. The van der Waals surface area contributed by atoms with Gasteiger partial charge < -0.3 is 11.1 Å². The summed E-state index contributed by atoms with van der Waals surface area (Å²) in [6.45, 7) is 6.89. The van der Waals surface area contributed by atoms with E-state index in [4.69, 9.17) is 5.73 Å². The number of anilines is 2. The lowest BCUT2D eigenvalue weighted by atomic mass is 9.93. The maximum absolute atomic E-state index is 12.1. The molecule has 21 heavy (non-hydrogen) atoms. The number of hydrogen-bond acceptors (Lipinski definition) is 4. The van der Waals surface area contributed by atoms with Crippen molar-refractivity contribution in [2.45, 2.75) is 59.0 Å². The van der Waals surface area contributed by atoms with Crippen molar-refractivity contribution in [1.82, 2.24) is 9.55 Å². The third kappa shape index (κ3) is 2.99. The van der Waals surface area contributed by atoms with E-state index in [0.717, 1.165) is 19.3 Å². The summed E-state index contributed by atoms with van der Waals surface area (Å²) in [4.78, 5) is 26.2. The molecule has 0 amide bonds. The number of nitrogens with zero attached hydrogens (tertiary/aromatic N) is 1. The van der Waals surface area contributed by atoms with Gasteiger partial charge in [-0.1, -0.05) is 27.2 Å². The van der Waals surface area contributed by atoms with Gasteiger partial charge in [0.2, 0.25) is 0 Å². The first kappa shape index (κ1) is 15.7. The Morgan fingerprint density at radius 2 is 2.05 bits per heavy atom. The molecule has 2 rings (SSSR count). The van der Waals surface area contributed by atoms with E-state index in [0.29, 0.717) is 24.1 Å². The summed E-state index contributed by atoms with van der Waals surface area (Å²) >= 11 is 0. The zero-order chi connectivity index (χ0) is 15.6. The largest absolute Gasteiger partial charge is 0.383 e. The molecule has 1 aliphatic carbocycles. The summed E-state index contributed by atoms with van der Waals surface area (Å²) in [7, 11) is 0. The lowest BCUT2D eigenvalue weighted by Gasteiger charge is -2.23. The molecule has 6 heteroatoms. The Bertz CT molecular complexity index is 605. The smallest absolute Gasteiger partial charge is 0.330 e. The van der Waals surface area contributed by atoms with Crippen LogP contribution in [0.2, 0.25) is 0 Å². The minimum atomic E-state index is -0.434. The average molecular weight is 294 g/mol. The molecule has 0 aliphatic heterocycles. The summed E-state index contributed by atoms with van der Waals surface area (Å²) in [6.07, 6.45) is 4.14. The van der Waals surface area contributed by atoms with Gasteiger partial charge in [-0.25, -0.2) is 4.79 Å². The highest BCUT2D eigenvalue weighted by atomic mass is 16.2. The third-order valence-corrected chi connectivity index (χ3v) is 4.77. The van der Waals surface area contributed by atoms with Gasteiger partial charge in [0, 0.05) is 12.6 Å². The van der Waals surface area contributed by atoms with Gasteiger partial charge in [-0.15, -0.1) is 0 Å². The number of aromatic amines is 1. The van der Waals surface area contributed by atoms with Crippen LogP contribution < -0.4 is 22.3 Å². The van der Waals surface area contributed by atoms with Crippen molar-refractivity contribution in [3.05, 3.63) is 20.8 Å². The van der Waals surface area contributed by atoms with E-state index in [1.54, 1.807) is 0 Å². The second-order valence-electron chi connectivity index (χ2n) is 6.03. The van der Waals surface area contributed by atoms with Gasteiger partial charge in [-0.2, -0.15) is 0 Å². The van der Waals surface area contributed by atoms with E-state index >= 15 is 0 Å². The highest BCUT2D eigenvalue weighted by molar-refractivity contribution is 5.61. The third-order valence-electron chi connectivity index (χ3n) is 4.77. The Morgan fingerprint density at radius 3 is 2.62 bits per heavy atom. The standard InChI is InChI=1S/C15H26N4O2/c1-4-8-19-13(16)12(14(20)18-15(19)21)17-11-7-6-10(5-2)9(11)3/h9-11,17H,4-8,16H2,1-3H3,(H,18,20,21). The average Bonchev–Trinajstić information content (AvgIpc) is 2.80. The van der Waals surface area contributed by atoms with Crippen molar-refractivity contribution in [3.63, 3.8) is 0 Å². The molecule has 1 fully saturated rings. The number of H-pyrrole nitrogens is 1. The molecule has 3 unspecified atom stereocenters. The van der Waals surface area contributed by atoms with Crippen LogP contribution in [0.3, 0.4) is 0 Å². The maximum atomic E-state index is 12.1. The summed E-state index contributed by atoms with van der Waals surface area (Å²) in [5.74, 6) is 1.43. The van der Waals surface area contributed by atoms with Gasteiger partial charge in [-0.05, 0) is 31.1 Å². The summed E-state index contributed by atoms with van der Waals surface area (Å²) in [6, 6.07) is 0.242. The molecule has 3 atom stereocenters. The lowest BCUT2D eigenvalue weighted by molar-refractivity contribution is 0.391.